The van der Waals surface area contributed by atoms with Gasteiger partial charge in [-0.2, -0.15) is 0 Å². The molecule has 1 fully saturated rings. The molecule has 86 valence electrons. The fourth-order valence-corrected chi connectivity index (χ4v) is 2.34. The highest BCUT2D eigenvalue weighted by Gasteiger charge is 2.17. The lowest BCUT2D eigenvalue weighted by Crippen LogP contribution is -2.15. The second-order valence-corrected chi connectivity index (χ2v) is 4.48. The molecule has 0 bridgehead atoms. The summed E-state index contributed by atoms with van der Waals surface area (Å²) in [6.07, 6.45) is 2.26. The second kappa shape index (κ2) is 4.71. The van der Waals surface area contributed by atoms with Gasteiger partial charge in [-0.3, -0.25) is 0 Å². The number of rotatable bonds is 2. The van der Waals surface area contributed by atoms with Crippen LogP contribution in [0.3, 0.4) is 0 Å². The van der Waals surface area contributed by atoms with Gasteiger partial charge in [0.15, 0.2) is 0 Å². The molecular weight excluding hydrogens is 198 g/mol. The van der Waals surface area contributed by atoms with Gasteiger partial charge in [0.1, 0.15) is 0 Å². The van der Waals surface area contributed by atoms with Crippen LogP contribution in [0, 0.1) is 6.92 Å². The summed E-state index contributed by atoms with van der Waals surface area (Å²) in [6.45, 7) is 7.69. The summed E-state index contributed by atoms with van der Waals surface area (Å²) < 4.78 is 5.39. The Labute approximate surface area is 97.1 Å². The zero-order valence-electron chi connectivity index (χ0n) is 9.83. The van der Waals surface area contributed by atoms with Crippen LogP contribution in [0.25, 0.3) is 5.70 Å². The summed E-state index contributed by atoms with van der Waals surface area (Å²) in [5.41, 5.74) is 10.1. The molecular formula is C14H19NO. The van der Waals surface area contributed by atoms with Crippen molar-refractivity contribution in [1.82, 2.24) is 0 Å². The Bertz CT molecular complexity index is 392. The third-order valence-electron chi connectivity index (χ3n) is 3.30. The van der Waals surface area contributed by atoms with Crippen LogP contribution in [0.2, 0.25) is 0 Å². The molecule has 0 amide bonds. The zero-order valence-corrected chi connectivity index (χ0v) is 9.83. The molecule has 1 aromatic carbocycles. The van der Waals surface area contributed by atoms with Crippen molar-refractivity contribution in [2.45, 2.75) is 25.7 Å². The van der Waals surface area contributed by atoms with Crippen molar-refractivity contribution in [1.29, 1.82) is 0 Å². The molecule has 0 radical (unpaired) electrons. The van der Waals surface area contributed by atoms with Crippen LogP contribution in [0.15, 0.2) is 24.8 Å². The van der Waals surface area contributed by atoms with Gasteiger partial charge < -0.3 is 10.5 Å². The summed E-state index contributed by atoms with van der Waals surface area (Å²) in [6, 6.07) is 6.39. The molecule has 1 saturated heterocycles. The van der Waals surface area contributed by atoms with E-state index in [1.54, 1.807) is 0 Å². The molecule has 2 rings (SSSR count). The molecule has 1 aromatic rings. The van der Waals surface area contributed by atoms with E-state index in [2.05, 4.69) is 31.7 Å². The van der Waals surface area contributed by atoms with E-state index >= 15 is 0 Å². The van der Waals surface area contributed by atoms with Gasteiger partial charge in [0.05, 0.1) is 0 Å². The number of ether oxygens (including phenoxy) is 1. The molecule has 0 unspecified atom stereocenters. The van der Waals surface area contributed by atoms with E-state index in [9.17, 15) is 0 Å². The fourth-order valence-electron chi connectivity index (χ4n) is 2.34. The highest BCUT2D eigenvalue weighted by molar-refractivity contribution is 5.61. The van der Waals surface area contributed by atoms with E-state index < -0.39 is 0 Å². The smallest absolute Gasteiger partial charge is 0.0471 e. The summed E-state index contributed by atoms with van der Waals surface area (Å²) >= 11 is 0. The molecule has 0 aromatic heterocycles. The third-order valence-corrected chi connectivity index (χ3v) is 3.30. The number of hydrogen-bond donors (Lipinski definition) is 1. The van der Waals surface area contributed by atoms with Crippen molar-refractivity contribution >= 4 is 5.70 Å². The lowest BCUT2D eigenvalue weighted by molar-refractivity contribution is 0.0852. The van der Waals surface area contributed by atoms with Crippen LogP contribution >= 0.6 is 0 Å². The predicted octanol–water partition coefficient (Wildman–Crippen LogP) is 2.82. The number of aryl methyl sites for hydroxylation is 1. The summed E-state index contributed by atoms with van der Waals surface area (Å²) in [7, 11) is 0. The minimum absolute atomic E-state index is 0.640. The van der Waals surface area contributed by atoms with Crippen molar-refractivity contribution < 1.29 is 4.74 Å². The number of benzene rings is 1. The molecule has 0 aliphatic carbocycles. The standard InChI is InChI=1S/C14H19NO/c1-10-9-13(11(2)15)3-4-14(10)12-5-7-16-8-6-12/h3-4,9,12H,2,5-8,15H2,1H3. The van der Waals surface area contributed by atoms with Crippen molar-refractivity contribution in [2.75, 3.05) is 13.2 Å². The van der Waals surface area contributed by atoms with Gasteiger partial charge in [-0.15, -0.1) is 0 Å². The van der Waals surface area contributed by atoms with E-state index in [4.69, 9.17) is 10.5 Å². The maximum absolute atomic E-state index is 5.70. The van der Waals surface area contributed by atoms with Crippen molar-refractivity contribution in [3.63, 3.8) is 0 Å². The summed E-state index contributed by atoms with van der Waals surface area (Å²) in [5.74, 6) is 0.647. The summed E-state index contributed by atoms with van der Waals surface area (Å²) in [4.78, 5) is 0. The molecule has 2 N–H and O–H groups in total. The Morgan fingerprint density at radius 2 is 2.06 bits per heavy atom. The monoisotopic (exact) mass is 217 g/mol. The van der Waals surface area contributed by atoms with E-state index in [0.717, 1.165) is 31.6 Å². The second-order valence-electron chi connectivity index (χ2n) is 4.48. The van der Waals surface area contributed by atoms with E-state index in [0.29, 0.717) is 11.6 Å². The van der Waals surface area contributed by atoms with Gasteiger partial charge >= 0.3 is 0 Å². The first-order valence-electron chi connectivity index (χ1n) is 5.81. The molecule has 2 heteroatoms. The van der Waals surface area contributed by atoms with Gasteiger partial charge in [0, 0.05) is 18.9 Å². The Kier molecular flexibility index (Phi) is 3.30. The normalized spacial score (nSPS) is 17.3. The molecule has 1 aliphatic heterocycles. The molecule has 1 aliphatic rings. The largest absolute Gasteiger partial charge is 0.399 e. The van der Waals surface area contributed by atoms with Crippen molar-refractivity contribution in [3.05, 3.63) is 41.5 Å². The fraction of sp³-hybridized carbons (Fsp3) is 0.429. The lowest BCUT2D eigenvalue weighted by atomic mass is 9.88. The molecule has 0 spiro atoms. The quantitative estimate of drug-likeness (QED) is 0.826. The van der Waals surface area contributed by atoms with Gasteiger partial charge in [0.2, 0.25) is 0 Å². The van der Waals surface area contributed by atoms with Crippen LogP contribution in [0.1, 0.15) is 35.4 Å². The molecule has 1 heterocycles. The molecule has 2 nitrogen and oxygen atoms in total. The molecule has 0 atom stereocenters. The van der Waals surface area contributed by atoms with Crippen LogP contribution in [0.4, 0.5) is 0 Å². The zero-order chi connectivity index (χ0) is 11.5. The minimum Gasteiger partial charge on any atom is -0.399 e. The molecule has 0 saturated carbocycles. The van der Waals surface area contributed by atoms with Gasteiger partial charge in [-0.25, -0.2) is 0 Å². The number of hydrogen-bond acceptors (Lipinski definition) is 2. The average Bonchev–Trinajstić information content (AvgIpc) is 2.30. The predicted molar refractivity (Wildman–Crippen MR) is 67.2 cm³/mol. The van der Waals surface area contributed by atoms with Crippen LogP contribution in [-0.2, 0) is 4.74 Å². The highest BCUT2D eigenvalue weighted by atomic mass is 16.5. The Morgan fingerprint density at radius 3 is 2.62 bits per heavy atom. The highest BCUT2D eigenvalue weighted by Crippen LogP contribution is 2.30. The third kappa shape index (κ3) is 2.27. The summed E-state index contributed by atoms with van der Waals surface area (Å²) in [5, 5.41) is 0. The van der Waals surface area contributed by atoms with Gasteiger partial charge in [-0.1, -0.05) is 18.7 Å². The SMILES string of the molecule is C=C(N)c1ccc(C2CCOCC2)c(C)c1. The van der Waals surface area contributed by atoms with E-state index in [1.165, 1.54) is 11.1 Å². The van der Waals surface area contributed by atoms with Gasteiger partial charge in [0.25, 0.3) is 0 Å². The first kappa shape index (κ1) is 11.2. The Hall–Kier alpha value is -1.28. The first-order valence-corrected chi connectivity index (χ1v) is 5.81. The Morgan fingerprint density at radius 1 is 1.38 bits per heavy atom. The minimum atomic E-state index is 0.640. The average molecular weight is 217 g/mol. The first-order chi connectivity index (χ1) is 7.68. The maximum Gasteiger partial charge on any atom is 0.0471 e. The lowest BCUT2D eigenvalue weighted by Gasteiger charge is -2.24. The van der Waals surface area contributed by atoms with Crippen LogP contribution in [0.5, 0.6) is 0 Å². The van der Waals surface area contributed by atoms with Crippen LogP contribution < -0.4 is 5.73 Å². The van der Waals surface area contributed by atoms with Gasteiger partial charge in [-0.05, 0) is 48.4 Å². The van der Waals surface area contributed by atoms with E-state index in [-0.39, 0.29) is 0 Å². The van der Waals surface area contributed by atoms with Crippen molar-refractivity contribution in [2.24, 2.45) is 5.73 Å². The van der Waals surface area contributed by atoms with Crippen LogP contribution in [-0.4, -0.2) is 13.2 Å². The molecule has 16 heavy (non-hydrogen) atoms. The Balaban J connectivity index is 2.24. The number of nitrogens with two attached hydrogens (primary N) is 1. The topological polar surface area (TPSA) is 35.2 Å². The maximum atomic E-state index is 5.70. The van der Waals surface area contributed by atoms with E-state index in [1.807, 2.05) is 0 Å². The van der Waals surface area contributed by atoms with Crippen molar-refractivity contribution in [3.8, 4) is 0 Å².